The van der Waals surface area contributed by atoms with Crippen LogP contribution in [0.15, 0.2) is 66.7 Å². The Morgan fingerprint density at radius 3 is 2.09 bits per heavy atom. The molecule has 9 heteroatoms. The van der Waals surface area contributed by atoms with Gasteiger partial charge in [-0.05, 0) is 94.5 Å². The van der Waals surface area contributed by atoms with Crippen LogP contribution in [-0.2, 0) is 20.7 Å². The normalized spacial score (nSPS) is 17.2. The van der Waals surface area contributed by atoms with Gasteiger partial charge in [-0.1, -0.05) is 48.4 Å². The third-order valence-corrected chi connectivity index (χ3v) is 7.49. The fourth-order valence-electron chi connectivity index (χ4n) is 5.36. The lowest BCUT2D eigenvalue weighted by Crippen LogP contribution is -2.54. The number of carbonyl (C=O) groups excluding carboxylic acids is 3. The number of alkyl carbamates (subject to hydrolysis) is 1. The van der Waals surface area contributed by atoms with Crippen LogP contribution >= 0.6 is 0 Å². The molecule has 0 saturated heterocycles. The summed E-state index contributed by atoms with van der Waals surface area (Å²) in [7, 11) is 1.57. The Kier molecular flexibility index (Phi) is 9.87. The van der Waals surface area contributed by atoms with Gasteiger partial charge in [0.2, 0.25) is 5.91 Å². The van der Waals surface area contributed by atoms with E-state index in [9.17, 15) is 19.5 Å². The fraction of sp³-hybridized carbons (Fsp3) is 0.400. The summed E-state index contributed by atoms with van der Waals surface area (Å²) in [6.45, 7) is 11.2. The number of ether oxygens (including phenoxy) is 2. The zero-order valence-corrected chi connectivity index (χ0v) is 26.5. The van der Waals surface area contributed by atoms with Crippen molar-refractivity contribution in [2.75, 3.05) is 12.4 Å². The first kappa shape index (κ1) is 32.4. The summed E-state index contributed by atoms with van der Waals surface area (Å²) in [5.74, 6) is 0.149. The van der Waals surface area contributed by atoms with Crippen molar-refractivity contribution in [1.82, 2.24) is 10.2 Å². The summed E-state index contributed by atoms with van der Waals surface area (Å²) in [5, 5.41) is 15.6. The molecule has 4 rings (SSSR count). The van der Waals surface area contributed by atoms with Crippen molar-refractivity contribution in [2.45, 2.75) is 78.1 Å². The molecule has 0 radical (unpaired) electrons. The lowest BCUT2D eigenvalue weighted by atomic mass is 9.97. The molecule has 0 bridgehead atoms. The quantitative estimate of drug-likeness (QED) is 0.260. The van der Waals surface area contributed by atoms with Gasteiger partial charge in [-0.2, -0.15) is 0 Å². The third-order valence-electron chi connectivity index (χ3n) is 7.49. The van der Waals surface area contributed by atoms with Crippen molar-refractivity contribution >= 4 is 23.6 Å². The van der Waals surface area contributed by atoms with Crippen LogP contribution in [0.3, 0.4) is 0 Å². The Labute approximate surface area is 259 Å². The number of phenols is 1. The molecule has 44 heavy (non-hydrogen) atoms. The van der Waals surface area contributed by atoms with E-state index in [4.69, 9.17) is 9.47 Å². The number of hydrogen-bond acceptors (Lipinski definition) is 6. The SMILES string of the molecule is COc1ccc(NC(=O)C(c2cc(C)cc(C)c2)N(C(=O)C(Cc2ccc(O)cc2)NC(=O)OC(C)(C)C)C2CC2C)cc1. The van der Waals surface area contributed by atoms with Crippen LogP contribution in [0.5, 0.6) is 11.5 Å². The van der Waals surface area contributed by atoms with E-state index in [1.807, 2.05) is 39.0 Å². The molecule has 3 N–H and O–H groups in total. The molecule has 0 heterocycles. The molecule has 1 aliphatic carbocycles. The highest BCUT2D eigenvalue weighted by atomic mass is 16.6. The van der Waals surface area contributed by atoms with Crippen LogP contribution in [0.4, 0.5) is 10.5 Å². The third kappa shape index (κ3) is 8.52. The first-order valence-corrected chi connectivity index (χ1v) is 14.9. The summed E-state index contributed by atoms with van der Waals surface area (Å²) in [6.07, 6.45) is 0.126. The number of methoxy groups -OCH3 is 1. The predicted octanol–water partition coefficient (Wildman–Crippen LogP) is 6.07. The lowest BCUT2D eigenvalue weighted by Gasteiger charge is -2.35. The van der Waals surface area contributed by atoms with E-state index in [1.54, 1.807) is 69.2 Å². The molecule has 0 spiro atoms. The highest BCUT2D eigenvalue weighted by Crippen LogP contribution is 2.41. The van der Waals surface area contributed by atoms with Crippen LogP contribution in [-0.4, -0.2) is 52.7 Å². The molecule has 0 aromatic heterocycles. The van der Waals surface area contributed by atoms with E-state index in [-0.39, 0.29) is 30.0 Å². The highest BCUT2D eigenvalue weighted by molar-refractivity contribution is 5.99. The van der Waals surface area contributed by atoms with Crippen molar-refractivity contribution in [3.63, 3.8) is 0 Å². The van der Waals surface area contributed by atoms with Crippen LogP contribution < -0.4 is 15.4 Å². The van der Waals surface area contributed by atoms with E-state index in [0.29, 0.717) is 17.0 Å². The van der Waals surface area contributed by atoms with Gasteiger partial charge in [0.05, 0.1) is 7.11 Å². The van der Waals surface area contributed by atoms with E-state index in [2.05, 4.69) is 10.6 Å². The molecule has 4 unspecified atom stereocenters. The maximum atomic E-state index is 14.7. The number of nitrogens with one attached hydrogen (secondary N) is 2. The Bertz CT molecular complexity index is 1460. The highest BCUT2D eigenvalue weighted by Gasteiger charge is 2.48. The van der Waals surface area contributed by atoms with Gasteiger partial charge in [0.15, 0.2) is 0 Å². The molecular formula is C35H43N3O6. The van der Waals surface area contributed by atoms with Gasteiger partial charge < -0.3 is 30.1 Å². The molecule has 3 aromatic rings. The maximum Gasteiger partial charge on any atom is 0.408 e. The van der Waals surface area contributed by atoms with Crippen LogP contribution in [0.25, 0.3) is 0 Å². The van der Waals surface area contributed by atoms with Crippen molar-refractivity contribution in [3.8, 4) is 11.5 Å². The van der Waals surface area contributed by atoms with Crippen molar-refractivity contribution < 1.29 is 29.0 Å². The number of amides is 3. The Balaban J connectivity index is 1.76. The minimum absolute atomic E-state index is 0.0928. The van der Waals surface area contributed by atoms with Gasteiger partial charge in [0.1, 0.15) is 29.2 Å². The zero-order chi connectivity index (χ0) is 32.2. The number of rotatable bonds is 10. The Morgan fingerprint density at radius 1 is 0.977 bits per heavy atom. The summed E-state index contributed by atoms with van der Waals surface area (Å²) >= 11 is 0. The molecule has 9 nitrogen and oxygen atoms in total. The van der Waals surface area contributed by atoms with Crippen LogP contribution in [0, 0.1) is 19.8 Å². The van der Waals surface area contributed by atoms with Crippen LogP contribution in [0.1, 0.15) is 62.4 Å². The number of hydrogen-bond donors (Lipinski definition) is 3. The molecule has 1 saturated carbocycles. The van der Waals surface area contributed by atoms with Gasteiger partial charge in [0, 0.05) is 18.2 Å². The second kappa shape index (κ2) is 13.4. The van der Waals surface area contributed by atoms with Crippen molar-refractivity contribution in [1.29, 1.82) is 0 Å². The number of benzene rings is 3. The first-order chi connectivity index (χ1) is 20.7. The van der Waals surface area contributed by atoms with Gasteiger partial charge >= 0.3 is 6.09 Å². The Morgan fingerprint density at radius 2 is 1.57 bits per heavy atom. The topological polar surface area (TPSA) is 117 Å². The predicted molar refractivity (Wildman–Crippen MR) is 170 cm³/mol. The lowest BCUT2D eigenvalue weighted by molar-refractivity contribution is -0.141. The number of anilines is 1. The molecule has 4 atom stereocenters. The maximum absolute atomic E-state index is 14.7. The average molecular weight is 602 g/mol. The van der Waals surface area contributed by atoms with Crippen molar-refractivity contribution in [2.24, 2.45) is 5.92 Å². The van der Waals surface area contributed by atoms with E-state index < -0.39 is 29.7 Å². The van der Waals surface area contributed by atoms with Gasteiger partial charge in [0.25, 0.3) is 5.91 Å². The number of phenolic OH excluding ortho intramolecular Hbond substituents is 1. The first-order valence-electron chi connectivity index (χ1n) is 14.9. The second-order valence-corrected chi connectivity index (χ2v) is 12.6. The molecule has 3 aromatic carbocycles. The standard InChI is InChI=1S/C35H43N3O6/c1-21-16-22(2)18-25(17-21)31(32(40)36-26-10-14-28(43-7)15-11-26)38(30-19-23(30)3)33(41)29(37-34(42)44-35(4,5)6)20-24-8-12-27(39)13-9-24/h8-18,23,29-31,39H,19-20H2,1-7H3,(H,36,40)(H,37,42). The van der Waals surface area contributed by atoms with E-state index >= 15 is 0 Å². The molecule has 0 aliphatic heterocycles. The summed E-state index contributed by atoms with van der Waals surface area (Å²) in [4.78, 5) is 43.6. The van der Waals surface area contributed by atoms with E-state index in [0.717, 1.165) is 23.1 Å². The minimum atomic E-state index is -1.04. The Hall–Kier alpha value is -4.53. The summed E-state index contributed by atoms with van der Waals surface area (Å²) < 4.78 is 10.8. The smallest absolute Gasteiger partial charge is 0.408 e. The molecule has 1 aliphatic rings. The van der Waals surface area contributed by atoms with Crippen molar-refractivity contribution in [3.05, 3.63) is 89.0 Å². The van der Waals surface area contributed by atoms with Gasteiger partial charge in [-0.25, -0.2) is 4.79 Å². The number of aromatic hydroxyl groups is 1. The number of aryl methyl sites for hydroxylation is 2. The molecule has 3 amide bonds. The summed E-state index contributed by atoms with van der Waals surface area (Å²) in [5.41, 5.74) is 3.13. The second-order valence-electron chi connectivity index (χ2n) is 12.6. The van der Waals surface area contributed by atoms with E-state index in [1.165, 1.54) is 12.1 Å². The van der Waals surface area contributed by atoms with Gasteiger partial charge in [-0.15, -0.1) is 0 Å². The zero-order valence-electron chi connectivity index (χ0n) is 26.5. The fourth-order valence-corrected chi connectivity index (χ4v) is 5.36. The van der Waals surface area contributed by atoms with Gasteiger partial charge in [-0.3, -0.25) is 9.59 Å². The summed E-state index contributed by atoms with van der Waals surface area (Å²) in [6, 6.07) is 17.1. The molecule has 1 fully saturated rings. The monoisotopic (exact) mass is 601 g/mol. The number of nitrogens with zero attached hydrogens (tertiary/aromatic N) is 1. The molecule has 234 valence electrons. The number of carbonyl (C=O) groups is 3. The average Bonchev–Trinajstić information content (AvgIpc) is 3.66. The largest absolute Gasteiger partial charge is 0.508 e. The van der Waals surface area contributed by atoms with Crippen LogP contribution in [0.2, 0.25) is 0 Å². The minimum Gasteiger partial charge on any atom is -0.508 e. The molecular weight excluding hydrogens is 558 g/mol.